The fourth-order valence-electron chi connectivity index (χ4n) is 0.987. The summed E-state index contributed by atoms with van der Waals surface area (Å²) in [7, 11) is 0. The van der Waals surface area contributed by atoms with Crippen LogP contribution in [0.2, 0.25) is 0 Å². The SMILES string of the molecule is CI1=CNc2ccncc2C=1. The van der Waals surface area contributed by atoms with Crippen LogP contribution in [0.5, 0.6) is 0 Å². The van der Waals surface area contributed by atoms with Crippen molar-refractivity contribution in [1.82, 2.24) is 4.98 Å². The second kappa shape index (κ2) is 2.81. The highest BCUT2D eigenvalue weighted by atomic mass is 127. The van der Waals surface area contributed by atoms with Crippen LogP contribution < -0.4 is 5.32 Å². The Bertz CT molecular complexity index is 362. The molecule has 1 N–H and O–H groups in total. The van der Waals surface area contributed by atoms with Crippen LogP contribution in [0.4, 0.5) is 5.69 Å². The van der Waals surface area contributed by atoms with Crippen LogP contribution >= 0.6 is 18.9 Å². The lowest BCUT2D eigenvalue weighted by Crippen LogP contribution is -2.01. The van der Waals surface area contributed by atoms with Gasteiger partial charge >= 0.3 is 0 Å². The molecule has 1 aliphatic heterocycles. The van der Waals surface area contributed by atoms with Gasteiger partial charge in [-0.15, -0.1) is 18.9 Å². The number of nitrogens with one attached hydrogen (secondary N) is 1. The molecule has 0 atom stereocenters. The number of rotatable bonds is 0. The maximum atomic E-state index is 4.07. The van der Waals surface area contributed by atoms with Crippen molar-refractivity contribution in [3.63, 3.8) is 0 Å². The third kappa shape index (κ3) is 1.38. The van der Waals surface area contributed by atoms with Crippen LogP contribution in [0.15, 0.2) is 18.5 Å². The predicted octanol–water partition coefficient (Wildman–Crippen LogP) is 1.55. The largest absolute Gasteiger partial charge is 0.357 e. The van der Waals surface area contributed by atoms with Gasteiger partial charge in [0.15, 0.2) is 0 Å². The van der Waals surface area contributed by atoms with E-state index in [1.165, 1.54) is 11.3 Å². The van der Waals surface area contributed by atoms with E-state index in [0.29, 0.717) is 0 Å². The smallest absolute Gasteiger partial charge is 0.0491 e. The first kappa shape index (κ1) is 7.09. The highest BCUT2D eigenvalue weighted by Crippen LogP contribution is 2.18. The van der Waals surface area contributed by atoms with Gasteiger partial charge in [0, 0.05) is 27.8 Å². The Labute approximate surface area is 72.0 Å². The maximum Gasteiger partial charge on any atom is 0.0491 e. The standard InChI is InChI=1S/C8H9IN2/c1-9-4-7-5-10-3-2-8(7)11-6-9/h2-6,11H,1H3. The first-order valence-electron chi connectivity index (χ1n) is 3.32. The van der Waals surface area contributed by atoms with E-state index in [9.17, 15) is 0 Å². The molecule has 0 amide bonds. The van der Waals surface area contributed by atoms with E-state index in [-0.39, 0.29) is 0 Å². The average Bonchev–Trinajstić information content (AvgIpc) is 2.04. The third-order valence-corrected chi connectivity index (χ3v) is 4.47. The van der Waals surface area contributed by atoms with E-state index >= 15 is 0 Å². The molecule has 2 heterocycles. The highest BCUT2D eigenvalue weighted by Gasteiger charge is 1.99. The van der Waals surface area contributed by atoms with Crippen molar-refractivity contribution in [3.05, 3.63) is 24.0 Å². The van der Waals surface area contributed by atoms with Gasteiger partial charge in [-0.25, -0.2) is 0 Å². The predicted molar refractivity (Wildman–Crippen MR) is 59.0 cm³/mol. The van der Waals surface area contributed by atoms with Gasteiger partial charge in [-0.3, -0.25) is 4.98 Å². The molecular weight excluding hydrogens is 251 g/mol. The molecule has 11 heavy (non-hydrogen) atoms. The van der Waals surface area contributed by atoms with Crippen molar-refractivity contribution < 1.29 is 0 Å². The molecule has 0 unspecified atom stereocenters. The molecule has 0 saturated heterocycles. The van der Waals surface area contributed by atoms with Gasteiger partial charge < -0.3 is 5.32 Å². The topological polar surface area (TPSA) is 24.9 Å². The van der Waals surface area contributed by atoms with Gasteiger partial charge in [-0.1, -0.05) is 0 Å². The molecule has 2 nitrogen and oxygen atoms in total. The highest BCUT2D eigenvalue weighted by molar-refractivity contribution is 14.2. The summed E-state index contributed by atoms with van der Waals surface area (Å²) in [5.74, 6) is 0. The van der Waals surface area contributed by atoms with Crippen molar-refractivity contribution in [2.45, 2.75) is 0 Å². The molecule has 1 aliphatic rings. The van der Waals surface area contributed by atoms with Crippen LogP contribution in [0.3, 0.4) is 0 Å². The Morgan fingerprint density at radius 3 is 3.36 bits per heavy atom. The summed E-state index contributed by atoms with van der Waals surface area (Å²) in [6.07, 6.45) is 3.73. The van der Waals surface area contributed by atoms with Crippen molar-refractivity contribution >= 4 is 32.7 Å². The van der Waals surface area contributed by atoms with Gasteiger partial charge in [0.25, 0.3) is 0 Å². The zero-order valence-electron chi connectivity index (χ0n) is 6.21. The Morgan fingerprint density at radius 1 is 1.55 bits per heavy atom. The second-order valence-electron chi connectivity index (χ2n) is 2.39. The third-order valence-electron chi connectivity index (χ3n) is 1.52. The van der Waals surface area contributed by atoms with Crippen LogP contribution in [-0.2, 0) is 0 Å². The van der Waals surface area contributed by atoms with Crippen molar-refractivity contribution in [2.75, 3.05) is 10.2 Å². The fourth-order valence-corrected chi connectivity index (χ4v) is 3.55. The number of anilines is 1. The molecule has 0 bridgehead atoms. The van der Waals surface area contributed by atoms with E-state index < -0.39 is 18.9 Å². The fraction of sp³-hybridized carbons (Fsp3) is 0.125. The van der Waals surface area contributed by atoms with Crippen molar-refractivity contribution in [3.8, 4) is 0 Å². The Balaban J connectivity index is 2.61. The minimum Gasteiger partial charge on any atom is -0.357 e. The summed E-state index contributed by atoms with van der Waals surface area (Å²) < 4.78 is 4.58. The van der Waals surface area contributed by atoms with Crippen LogP contribution in [-0.4, -0.2) is 18.1 Å². The first-order chi connectivity index (χ1) is 5.36. The summed E-state index contributed by atoms with van der Waals surface area (Å²) in [6.45, 7) is 0. The normalized spacial score (nSPS) is 15.7. The zero-order chi connectivity index (χ0) is 7.68. The number of hydrogen-bond acceptors (Lipinski definition) is 2. The van der Waals surface area contributed by atoms with E-state index in [1.807, 2.05) is 18.5 Å². The number of halogens is 1. The van der Waals surface area contributed by atoms with Gasteiger partial charge in [0.2, 0.25) is 0 Å². The van der Waals surface area contributed by atoms with E-state index in [2.05, 4.69) is 23.4 Å². The molecular formula is C8H9IN2. The lowest BCUT2D eigenvalue weighted by molar-refractivity contribution is 1.32. The molecule has 1 aromatic rings. The summed E-state index contributed by atoms with van der Waals surface area (Å²) in [5.41, 5.74) is 2.46. The number of hydrogen-bond donors (Lipinski definition) is 1. The monoisotopic (exact) mass is 260 g/mol. The molecule has 0 aromatic carbocycles. The van der Waals surface area contributed by atoms with Gasteiger partial charge in [-0.05, 0) is 15.0 Å². The molecule has 0 saturated carbocycles. The van der Waals surface area contributed by atoms with E-state index in [0.717, 1.165) is 0 Å². The van der Waals surface area contributed by atoms with Crippen LogP contribution in [0.1, 0.15) is 5.56 Å². The average molecular weight is 260 g/mol. The first-order valence-corrected chi connectivity index (χ1v) is 7.97. The molecule has 0 spiro atoms. The number of alkyl halides is 1. The Hall–Kier alpha value is -0.580. The lowest BCUT2D eigenvalue weighted by atomic mass is 10.3. The van der Waals surface area contributed by atoms with Gasteiger partial charge in [-0.2, -0.15) is 0 Å². The molecule has 0 fully saturated rings. The Morgan fingerprint density at radius 2 is 2.45 bits per heavy atom. The van der Waals surface area contributed by atoms with E-state index in [1.54, 1.807) is 0 Å². The molecule has 3 heteroatoms. The second-order valence-corrected chi connectivity index (χ2v) is 6.84. The van der Waals surface area contributed by atoms with Crippen LogP contribution in [0, 0.1) is 0 Å². The lowest BCUT2D eigenvalue weighted by Gasteiger charge is -2.08. The van der Waals surface area contributed by atoms with Crippen molar-refractivity contribution in [1.29, 1.82) is 0 Å². The number of fused-ring (bicyclic) bond motifs is 1. The summed E-state index contributed by atoms with van der Waals surface area (Å²) in [4.78, 5) is 6.37. The number of aromatic nitrogens is 1. The van der Waals surface area contributed by atoms with Crippen LogP contribution in [0.25, 0.3) is 0 Å². The summed E-state index contributed by atoms with van der Waals surface area (Å²) in [6, 6.07) is 2.01. The van der Waals surface area contributed by atoms with Gasteiger partial charge in [0.05, 0.1) is 0 Å². The molecule has 0 radical (unpaired) electrons. The summed E-state index contributed by atoms with van der Waals surface area (Å²) >= 11 is -0.889. The number of nitrogens with zero attached hydrogens (tertiary/aromatic N) is 1. The molecule has 0 aliphatic carbocycles. The summed E-state index contributed by atoms with van der Waals surface area (Å²) in [5, 5.41) is 3.29. The molecule has 1 aromatic heterocycles. The van der Waals surface area contributed by atoms with Gasteiger partial charge in [0.1, 0.15) is 0 Å². The van der Waals surface area contributed by atoms with Crippen molar-refractivity contribution in [2.24, 2.45) is 0 Å². The van der Waals surface area contributed by atoms with E-state index in [4.69, 9.17) is 0 Å². The zero-order valence-corrected chi connectivity index (χ0v) is 8.37. The number of pyridine rings is 1. The molecule has 58 valence electrons. The minimum absolute atomic E-state index is 0.889. The maximum absolute atomic E-state index is 4.07. The quantitative estimate of drug-likeness (QED) is 0.565. The molecule has 2 rings (SSSR count). The minimum atomic E-state index is -0.889. The Kier molecular flexibility index (Phi) is 1.81.